The SMILES string of the molecule is CCOC(=O)N1CCCC(C(=O)N2CCC(C(=O)Nc3ccc4c(c3)OCO4)CC2)C1. The van der Waals surface area contributed by atoms with Crippen molar-refractivity contribution in [3.8, 4) is 11.5 Å². The molecule has 0 saturated carbocycles. The van der Waals surface area contributed by atoms with Gasteiger partial charge in [-0.25, -0.2) is 4.79 Å². The smallest absolute Gasteiger partial charge is 0.409 e. The number of amides is 3. The van der Waals surface area contributed by atoms with E-state index in [1.807, 2.05) is 4.90 Å². The number of rotatable bonds is 4. The molecule has 1 unspecified atom stereocenters. The van der Waals surface area contributed by atoms with Gasteiger partial charge >= 0.3 is 6.09 Å². The number of carbonyl (C=O) groups excluding carboxylic acids is 3. The third kappa shape index (κ3) is 4.86. The maximum absolute atomic E-state index is 13.0. The summed E-state index contributed by atoms with van der Waals surface area (Å²) in [6.45, 7) is 4.43. The molecule has 2 fully saturated rings. The Morgan fingerprint density at radius 2 is 1.81 bits per heavy atom. The zero-order valence-electron chi connectivity index (χ0n) is 17.8. The third-order valence-corrected chi connectivity index (χ3v) is 6.11. The van der Waals surface area contributed by atoms with E-state index in [0.717, 1.165) is 12.8 Å². The van der Waals surface area contributed by atoms with Crippen LogP contribution in [0.4, 0.5) is 10.5 Å². The Kier molecular flexibility index (Phi) is 6.48. The minimum Gasteiger partial charge on any atom is -0.454 e. The molecule has 9 nitrogen and oxygen atoms in total. The Labute approximate surface area is 181 Å². The van der Waals surface area contributed by atoms with Gasteiger partial charge in [0.1, 0.15) is 0 Å². The van der Waals surface area contributed by atoms with Gasteiger partial charge in [0.25, 0.3) is 0 Å². The van der Waals surface area contributed by atoms with Crippen LogP contribution in [0.25, 0.3) is 0 Å². The Balaban J connectivity index is 1.26. The normalized spacial score (nSPS) is 21.0. The minimum atomic E-state index is -0.348. The van der Waals surface area contributed by atoms with E-state index in [-0.39, 0.29) is 36.5 Å². The molecule has 0 aliphatic carbocycles. The molecule has 9 heteroatoms. The highest BCUT2D eigenvalue weighted by atomic mass is 16.7. The summed E-state index contributed by atoms with van der Waals surface area (Å²) >= 11 is 0. The van der Waals surface area contributed by atoms with Crippen molar-refractivity contribution in [2.45, 2.75) is 32.6 Å². The first-order valence-electron chi connectivity index (χ1n) is 11.0. The quantitative estimate of drug-likeness (QED) is 0.787. The number of hydrogen-bond donors (Lipinski definition) is 1. The molecular formula is C22H29N3O6. The molecule has 3 aliphatic heterocycles. The van der Waals surface area contributed by atoms with Crippen molar-refractivity contribution in [2.24, 2.45) is 11.8 Å². The fourth-order valence-corrected chi connectivity index (χ4v) is 4.40. The van der Waals surface area contributed by atoms with Gasteiger partial charge < -0.3 is 29.3 Å². The highest BCUT2D eigenvalue weighted by Crippen LogP contribution is 2.34. The van der Waals surface area contributed by atoms with Crippen LogP contribution in [0.15, 0.2) is 18.2 Å². The second kappa shape index (κ2) is 9.45. The van der Waals surface area contributed by atoms with Gasteiger partial charge in [0.15, 0.2) is 11.5 Å². The maximum atomic E-state index is 13.0. The lowest BCUT2D eigenvalue weighted by Gasteiger charge is -2.37. The summed E-state index contributed by atoms with van der Waals surface area (Å²) < 4.78 is 15.7. The molecule has 3 amide bonds. The van der Waals surface area contributed by atoms with Crippen molar-refractivity contribution in [2.75, 3.05) is 44.9 Å². The number of benzene rings is 1. The Morgan fingerprint density at radius 3 is 2.58 bits per heavy atom. The molecule has 3 aliphatic rings. The number of anilines is 1. The van der Waals surface area contributed by atoms with Crippen LogP contribution in [-0.4, -0.2) is 67.3 Å². The van der Waals surface area contributed by atoms with Crippen molar-refractivity contribution in [3.63, 3.8) is 0 Å². The molecule has 3 heterocycles. The molecule has 0 spiro atoms. The molecule has 0 bridgehead atoms. The molecule has 4 rings (SSSR count). The average Bonchev–Trinajstić information content (AvgIpc) is 3.27. The standard InChI is InChI=1S/C22H29N3O6/c1-2-29-22(28)25-9-3-4-16(13-25)21(27)24-10-7-15(8-11-24)20(26)23-17-5-6-18-19(12-17)31-14-30-18/h5-6,12,15-16H,2-4,7-11,13-14H2,1H3,(H,23,26). The van der Waals surface area contributed by atoms with Gasteiger partial charge in [-0.2, -0.15) is 0 Å². The van der Waals surface area contributed by atoms with Crippen LogP contribution in [-0.2, 0) is 14.3 Å². The van der Waals surface area contributed by atoms with Crippen molar-refractivity contribution >= 4 is 23.6 Å². The first-order valence-corrected chi connectivity index (χ1v) is 11.0. The van der Waals surface area contributed by atoms with E-state index in [9.17, 15) is 14.4 Å². The van der Waals surface area contributed by atoms with Crippen LogP contribution < -0.4 is 14.8 Å². The molecule has 1 atom stereocenters. The maximum Gasteiger partial charge on any atom is 0.409 e. The summed E-state index contributed by atoms with van der Waals surface area (Å²) in [6, 6.07) is 5.34. The molecule has 1 N–H and O–H groups in total. The summed E-state index contributed by atoms with van der Waals surface area (Å²) in [4.78, 5) is 41.1. The minimum absolute atomic E-state index is 0.0443. The summed E-state index contributed by atoms with van der Waals surface area (Å²) in [5.74, 6) is 0.992. The van der Waals surface area contributed by atoms with Crippen molar-refractivity contribution < 1.29 is 28.6 Å². The molecule has 0 aromatic heterocycles. The van der Waals surface area contributed by atoms with Gasteiger partial charge in [0.05, 0.1) is 12.5 Å². The number of nitrogens with one attached hydrogen (secondary N) is 1. The molecule has 0 radical (unpaired) electrons. The zero-order valence-corrected chi connectivity index (χ0v) is 17.8. The van der Waals surface area contributed by atoms with Crippen LogP contribution >= 0.6 is 0 Å². The number of ether oxygens (including phenoxy) is 3. The van der Waals surface area contributed by atoms with E-state index in [1.54, 1.807) is 30.0 Å². The molecular weight excluding hydrogens is 402 g/mol. The summed E-state index contributed by atoms with van der Waals surface area (Å²) in [6.07, 6.45) is 2.47. The van der Waals surface area contributed by atoms with Crippen LogP contribution in [0.3, 0.4) is 0 Å². The Hall–Kier alpha value is -2.97. The number of nitrogens with zero attached hydrogens (tertiary/aromatic N) is 2. The van der Waals surface area contributed by atoms with Gasteiger partial charge in [0.2, 0.25) is 18.6 Å². The van der Waals surface area contributed by atoms with E-state index >= 15 is 0 Å². The van der Waals surface area contributed by atoms with Crippen LogP contribution in [0.2, 0.25) is 0 Å². The zero-order chi connectivity index (χ0) is 21.8. The summed E-state index contributed by atoms with van der Waals surface area (Å²) in [5, 5.41) is 2.94. The Bertz CT molecular complexity index is 837. The number of carbonyl (C=O) groups is 3. The topological polar surface area (TPSA) is 97.4 Å². The molecule has 1 aromatic rings. The largest absolute Gasteiger partial charge is 0.454 e. The monoisotopic (exact) mass is 431 g/mol. The number of piperidine rings is 2. The first-order chi connectivity index (χ1) is 15.0. The molecule has 2 saturated heterocycles. The van der Waals surface area contributed by atoms with Gasteiger partial charge in [0, 0.05) is 43.9 Å². The van der Waals surface area contributed by atoms with E-state index < -0.39 is 0 Å². The fourth-order valence-electron chi connectivity index (χ4n) is 4.40. The van der Waals surface area contributed by atoms with Gasteiger partial charge in [-0.3, -0.25) is 9.59 Å². The molecule has 168 valence electrons. The predicted octanol–water partition coefficient (Wildman–Crippen LogP) is 2.46. The lowest BCUT2D eigenvalue weighted by Crippen LogP contribution is -2.49. The Morgan fingerprint density at radius 1 is 1.03 bits per heavy atom. The van der Waals surface area contributed by atoms with Crippen LogP contribution in [0, 0.1) is 11.8 Å². The van der Waals surface area contributed by atoms with Crippen molar-refractivity contribution in [1.29, 1.82) is 0 Å². The van der Waals surface area contributed by atoms with Gasteiger partial charge in [-0.1, -0.05) is 0 Å². The highest BCUT2D eigenvalue weighted by molar-refractivity contribution is 5.93. The number of hydrogen-bond acceptors (Lipinski definition) is 6. The van der Waals surface area contributed by atoms with Gasteiger partial charge in [-0.15, -0.1) is 0 Å². The first kappa shape index (κ1) is 21.3. The van der Waals surface area contributed by atoms with E-state index in [2.05, 4.69) is 5.32 Å². The van der Waals surface area contributed by atoms with Crippen molar-refractivity contribution in [3.05, 3.63) is 18.2 Å². The van der Waals surface area contributed by atoms with Crippen molar-refractivity contribution in [1.82, 2.24) is 9.80 Å². The number of fused-ring (bicyclic) bond motifs is 1. The molecule has 31 heavy (non-hydrogen) atoms. The summed E-state index contributed by atoms with van der Waals surface area (Å²) in [7, 11) is 0. The lowest BCUT2D eigenvalue weighted by molar-refractivity contribution is -0.139. The lowest BCUT2D eigenvalue weighted by atomic mass is 9.92. The second-order valence-corrected chi connectivity index (χ2v) is 8.14. The van der Waals surface area contributed by atoms with E-state index in [4.69, 9.17) is 14.2 Å². The number of likely N-dealkylation sites (tertiary alicyclic amines) is 2. The third-order valence-electron chi connectivity index (χ3n) is 6.11. The second-order valence-electron chi connectivity index (χ2n) is 8.14. The van der Waals surface area contributed by atoms with Crippen LogP contribution in [0.1, 0.15) is 32.6 Å². The van der Waals surface area contributed by atoms with E-state index in [1.165, 1.54) is 0 Å². The predicted molar refractivity (Wildman–Crippen MR) is 112 cm³/mol. The summed E-state index contributed by atoms with van der Waals surface area (Å²) in [5.41, 5.74) is 0.675. The average molecular weight is 431 g/mol. The van der Waals surface area contributed by atoms with Crippen LogP contribution in [0.5, 0.6) is 11.5 Å². The molecule has 1 aromatic carbocycles. The van der Waals surface area contributed by atoms with Gasteiger partial charge in [-0.05, 0) is 44.7 Å². The van der Waals surface area contributed by atoms with E-state index in [0.29, 0.717) is 62.8 Å². The highest BCUT2D eigenvalue weighted by Gasteiger charge is 2.34. The fraction of sp³-hybridized carbons (Fsp3) is 0.591.